The van der Waals surface area contributed by atoms with Gasteiger partial charge in [0.25, 0.3) is 0 Å². The quantitative estimate of drug-likeness (QED) is 0.592. The minimum Gasteiger partial charge on any atom is -0.487 e. The third-order valence-electron chi connectivity index (χ3n) is 7.31. The van der Waals surface area contributed by atoms with Crippen LogP contribution in [0, 0.1) is 5.92 Å². The molecule has 2 aromatic rings. The van der Waals surface area contributed by atoms with Gasteiger partial charge in [0.2, 0.25) is 15.9 Å². The minimum absolute atomic E-state index is 0.0569. The van der Waals surface area contributed by atoms with Crippen LogP contribution in [0.3, 0.4) is 0 Å². The van der Waals surface area contributed by atoms with Crippen LogP contribution in [0.25, 0.3) is 5.57 Å². The monoisotopic (exact) mass is 527 g/mol. The van der Waals surface area contributed by atoms with Gasteiger partial charge in [-0.1, -0.05) is 19.1 Å². The maximum Gasteiger partial charge on any atom is 0.247 e. The Morgan fingerprint density at radius 2 is 2.00 bits per heavy atom. The molecule has 1 amide bonds. The van der Waals surface area contributed by atoms with Crippen molar-refractivity contribution in [3.63, 3.8) is 0 Å². The number of hydrogen-bond acceptors (Lipinski definition) is 6. The standard InChI is InChI=1S/C28H37N3O5S/c1-20-17-31(21(2)19-32)37(34,35)27-10-9-24(23-7-5-4-6-8-23)16-25(27)36-26(20)18-30(3)28(33)15-22-11-13-29-14-12-22/h7,9-14,16,20-21,26,32H,4-6,8,15,17-19H2,1-3H3/t20-,21-,26-/m0/s1. The van der Waals surface area contributed by atoms with Crippen molar-refractivity contribution in [2.45, 2.75) is 63.0 Å². The molecule has 1 aliphatic heterocycles. The van der Waals surface area contributed by atoms with E-state index in [2.05, 4.69) is 11.1 Å². The number of carbonyl (C=O) groups excluding carboxylic acids is 1. The number of amides is 1. The first-order chi connectivity index (χ1) is 17.7. The summed E-state index contributed by atoms with van der Waals surface area (Å²) < 4.78 is 35.2. The molecule has 2 heterocycles. The van der Waals surface area contributed by atoms with E-state index >= 15 is 0 Å². The predicted molar refractivity (Wildman–Crippen MR) is 142 cm³/mol. The van der Waals surface area contributed by atoms with Gasteiger partial charge in [-0.05, 0) is 73.6 Å². The number of allylic oxidation sites excluding steroid dienone is 2. The van der Waals surface area contributed by atoms with E-state index in [1.807, 2.05) is 31.2 Å². The Hall–Kier alpha value is -2.75. The smallest absolute Gasteiger partial charge is 0.247 e. The highest BCUT2D eigenvalue weighted by molar-refractivity contribution is 7.89. The second-order valence-electron chi connectivity index (χ2n) is 10.2. The normalized spacial score (nSPS) is 22.5. The number of benzene rings is 1. The first-order valence-corrected chi connectivity index (χ1v) is 14.4. The largest absolute Gasteiger partial charge is 0.487 e. The lowest BCUT2D eigenvalue weighted by molar-refractivity contribution is -0.130. The number of aromatic nitrogens is 1. The summed E-state index contributed by atoms with van der Waals surface area (Å²) in [5.74, 6) is 0.00916. The Morgan fingerprint density at radius 1 is 1.24 bits per heavy atom. The first-order valence-electron chi connectivity index (χ1n) is 13.0. The number of sulfonamides is 1. The zero-order valence-corrected chi connectivity index (χ0v) is 22.7. The molecule has 1 aliphatic carbocycles. The molecule has 0 saturated carbocycles. The second-order valence-corrected chi connectivity index (χ2v) is 12.0. The Morgan fingerprint density at radius 3 is 2.68 bits per heavy atom. The molecule has 0 saturated heterocycles. The van der Waals surface area contributed by atoms with Crippen molar-refractivity contribution >= 4 is 21.5 Å². The zero-order valence-electron chi connectivity index (χ0n) is 21.8. The lowest BCUT2D eigenvalue weighted by Crippen LogP contribution is -2.50. The SMILES string of the molecule is C[C@H]1CN([C@@H](C)CO)S(=O)(=O)c2ccc(C3=CCCCC3)cc2O[C@H]1CN(C)C(=O)Cc1ccncc1. The van der Waals surface area contributed by atoms with E-state index in [9.17, 15) is 18.3 Å². The summed E-state index contributed by atoms with van der Waals surface area (Å²) in [7, 11) is -2.16. The zero-order chi connectivity index (χ0) is 26.6. The molecule has 4 rings (SSSR count). The Balaban J connectivity index is 1.67. The molecule has 200 valence electrons. The van der Waals surface area contributed by atoms with Crippen LogP contribution in [0.15, 0.2) is 53.7 Å². The fourth-order valence-electron chi connectivity index (χ4n) is 4.93. The number of fused-ring (bicyclic) bond motifs is 1. The number of rotatable bonds is 7. The maximum atomic E-state index is 13.7. The maximum absolute atomic E-state index is 13.7. The van der Waals surface area contributed by atoms with E-state index in [1.54, 1.807) is 37.3 Å². The van der Waals surface area contributed by atoms with Crippen molar-refractivity contribution in [2.24, 2.45) is 5.92 Å². The minimum atomic E-state index is -3.90. The number of aliphatic hydroxyl groups excluding tert-OH is 1. The van der Waals surface area contributed by atoms with E-state index in [0.29, 0.717) is 12.3 Å². The molecular formula is C28H37N3O5S. The van der Waals surface area contributed by atoms with Gasteiger partial charge in [-0.15, -0.1) is 0 Å². The van der Waals surface area contributed by atoms with Gasteiger partial charge in [-0.2, -0.15) is 4.31 Å². The fraction of sp³-hybridized carbons (Fsp3) is 0.500. The lowest BCUT2D eigenvalue weighted by Gasteiger charge is -2.37. The number of ether oxygens (including phenoxy) is 1. The van der Waals surface area contributed by atoms with Crippen molar-refractivity contribution in [2.75, 3.05) is 26.7 Å². The molecule has 1 aromatic carbocycles. The third kappa shape index (κ3) is 6.22. The molecule has 1 aromatic heterocycles. The molecule has 0 fully saturated rings. The van der Waals surface area contributed by atoms with Crippen LogP contribution >= 0.6 is 0 Å². The molecule has 0 radical (unpaired) electrons. The third-order valence-corrected chi connectivity index (χ3v) is 9.33. The van der Waals surface area contributed by atoms with Gasteiger partial charge in [-0.25, -0.2) is 8.42 Å². The van der Waals surface area contributed by atoms with E-state index in [0.717, 1.165) is 36.8 Å². The van der Waals surface area contributed by atoms with Crippen LogP contribution in [0.2, 0.25) is 0 Å². The van der Waals surface area contributed by atoms with E-state index in [4.69, 9.17) is 4.74 Å². The predicted octanol–water partition coefficient (Wildman–Crippen LogP) is 3.51. The van der Waals surface area contributed by atoms with Crippen LogP contribution in [0.1, 0.15) is 50.7 Å². The first kappa shape index (κ1) is 27.3. The van der Waals surface area contributed by atoms with Gasteiger partial charge in [0, 0.05) is 37.9 Å². The summed E-state index contributed by atoms with van der Waals surface area (Å²) >= 11 is 0. The Labute approximate surface area is 220 Å². The molecular weight excluding hydrogens is 490 g/mol. The number of carbonyl (C=O) groups is 1. The van der Waals surface area contributed by atoms with Crippen molar-refractivity contribution in [3.8, 4) is 5.75 Å². The average Bonchev–Trinajstić information content (AvgIpc) is 2.91. The van der Waals surface area contributed by atoms with E-state index in [-0.39, 0.29) is 36.3 Å². The topological polar surface area (TPSA) is 100 Å². The summed E-state index contributed by atoms with van der Waals surface area (Å²) in [5.41, 5.74) is 3.04. The number of pyridine rings is 1. The van der Waals surface area contributed by atoms with E-state index in [1.165, 1.54) is 9.88 Å². The molecule has 9 heteroatoms. The number of aliphatic hydroxyl groups is 1. The summed E-state index contributed by atoms with van der Waals surface area (Å²) in [6.07, 6.45) is 9.58. The van der Waals surface area contributed by atoms with Crippen LogP contribution in [0.5, 0.6) is 5.75 Å². The van der Waals surface area contributed by atoms with Crippen molar-refractivity contribution in [3.05, 3.63) is 59.9 Å². The van der Waals surface area contributed by atoms with Crippen LogP contribution in [0.4, 0.5) is 0 Å². The van der Waals surface area contributed by atoms with Crippen molar-refractivity contribution in [1.29, 1.82) is 0 Å². The van der Waals surface area contributed by atoms with Crippen LogP contribution in [-0.4, -0.2) is 72.5 Å². The van der Waals surface area contributed by atoms with Gasteiger partial charge >= 0.3 is 0 Å². The van der Waals surface area contributed by atoms with Gasteiger partial charge in [-0.3, -0.25) is 9.78 Å². The second kappa shape index (κ2) is 11.8. The number of nitrogens with zero attached hydrogens (tertiary/aromatic N) is 3. The summed E-state index contributed by atoms with van der Waals surface area (Å²) in [4.78, 5) is 18.7. The fourth-order valence-corrected chi connectivity index (χ4v) is 6.75. The average molecular weight is 528 g/mol. The van der Waals surface area contributed by atoms with Gasteiger partial charge < -0.3 is 14.7 Å². The van der Waals surface area contributed by atoms with Crippen LogP contribution in [-0.2, 0) is 21.2 Å². The summed E-state index contributed by atoms with van der Waals surface area (Å²) in [6.45, 7) is 3.82. The Bertz CT molecular complexity index is 1230. The molecule has 37 heavy (non-hydrogen) atoms. The Kier molecular flexibility index (Phi) is 8.67. The van der Waals surface area contributed by atoms with Gasteiger partial charge in [0.15, 0.2) is 0 Å². The molecule has 2 aliphatic rings. The number of hydrogen-bond donors (Lipinski definition) is 1. The van der Waals surface area contributed by atoms with Crippen molar-refractivity contribution < 1.29 is 23.1 Å². The molecule has 0 bridgehead atoms. The summed E-state index contributed by atoms with van der Waals surface area (Å²) in [5, 5.41) is 9.85. The van der Waals surface area contributed by atoms with Gasteiger partial charge in [0.05, 0.1) is 19.6 Å². The van der Waals surface area contributed by atoms with Crippen molar-refractivity contribution in [1.82, 2.24) is 14.2 Å². The molecule has 0 unspecified atom stereocenters. The molecule has 8 nitrogen and oxygen atoms in total. The molecule has 1 N–H and O–H groups in total. The lowest BCUT2D eigenvalue weighted by atomic mass is 9.93. The molecule has 3 atom stereocenters. The highest BCUT2D eigenvalue weighted by atomic mass is 32.2. The molecule has 0 spiro atoms. The highest BCUT2D eigenvalue weighted by Gasteiger charge is 2.38. The van der Waals surface area contributed by atoms with Gasteiger partial charge in [0.1, 0.15) is 16.7 Å². The highest BCUT2D eigenvalue weighted by Crippen LogP contribution is 2.37. The number of likely N-dealkylation sites (N-methyl/N-ethyl adjacent to an activating group) is 1. The van der Waals surface area contributed by atoms with Crippen LogP contribution < -0.4 is 4.74 Å². The van der Waals surface area contributed by atoms with E-state index < -0.39 is 22.2 Å². The summed E-state index contributed by atoms with van der Waals surface area (Å²) in [6, 6.07) is 8.34.